The number of anilines is 2. The van der Waals surface area contributed by atoms with Crippen LogP contribution in [0.3, 0.4) is 0 Å². The third-order valence-corrected chi connectivity index (χ3v) is 6.46. The molecule has 0 unspecified atom stereocenters. The molecule has 0 saturated carbocycles. The normalized spacial score (nSPS) is 16.5. The first-order valence-corrected chi connectivity index (χ1v) is 10.7. The number of nitro groups is 1. The minimum Gasteiger partial charge on any atom is -0.371 e. The van der Waals surface area contributed by atoms with Crippen molar-refractivity contribution in [3.8, 4) is 0 Å². The highest BCUT2D eigenvalue weighted by atomic mass is 16.6. The lowest BCUT2D eigenvalue weighted by Crippen LogP contribution is -2.42. The summed E-state index contributed by atoms with van der Waals surface area (Å²) in [6.45, 7) is 4.11. The lowest BCUT2D eigenvalue weighted by atomic mass is 9.94. The predicted molar refractivity (Wildman–Crippen MR) is 121 cm³/mol. The molecule has 5 rings (SSSR count). The Bertz CT molecular complexity index is 1180. The van der Waals surface area contributed by atoms with E-state index >= 15 is 0 Å². The van der Waals surface area contributed by atoms with Gasteiger partial charge in [-0.3, -0.25) is 14.9 Å². The van der Waals surface area contributed by atoms with E-state index in [1.807, 2.05) is 42.2 Å². The van der Waals surface area contributed by atoms with E-state index in [2.05, 4.69) is 16.0 Å². The zero-order valence-electron chi connectivity index (χ0n) is 17.5. The summed E-state index contributed by atoms with van der Waals surface area (Å²) in [6, 6.07) is 15.2. The van der Waals surface area contributed by atoms with Gasteiger partial charge in [-0.2, -0.15) is 0 Å². The number of fused-ring (bicyclic) bond motifs is 2. The van der Waals surface area contributed by atoms with Crippen LogP contribution in [0.1, 0.15) is 24.1 Å². The molecular formula is C24H24N4O3. The third kappa shape index (κ3) is 3.40. The second-order valence-electron chi connectivity index (χ2n) is 8.34. The van der Waals surface area contributed by atoms with E-state index in [1.165, 1.54) is 11.6 Å². The number of hydrogen-bond acceptors (Lipinski definition) is 5. The number of piperidine rings is 1. The van der Waals surface area contributed by atoms with Gasteiger partial charge in [0.25, 0.3) is 5.69 Å². The van der Waals surface area contributed by atoms with Crippen molar-refractivity contribution in [2.75, 3.05) is 29.4 Å². The van der Waals surface area contributed by atoms with Gasteiger partial charge in [0.1, 0.15) is 0 Å². The number of pyridine rings is 1. The summed E-state index contributed by atoms with van der Waals surface area (Å²) < 4.78 is 0. The van der Waals surface area contributed by atoms with Crippen LogP contribution in [-0.4, -0.2) is 35.4 Å². The Kier molecular flexibility index (Phi) is 4.81. The van der Waals surface area contributed by atoms with Crippen molar-refractivity contribution in [1.29, 1.82) is 0 Å². The highest BCUT2D eigenvalue weighted by Gasteiger charge is 2.33. The topological polar surface area (TPSA) is 79.6 Å². The number of non-ortho nitro benzene ring substituents is 1. The number of amides is 1. The molecule has 1 saturated heterocycles. The lowest BCUT2D eigenvalue weighted by Gasteiger charge is -2.35. The monoisotopic (exact) mass is 416 g/mol. The molecule has 0 bridgehead atoms. The second kappa shape index (κ2) is 7.65. The Labute approximate surface area is 180 Å². The predicted octanol–water partition coefficient (Wildman–Crippen LogP) is 4.26. The number of para-hydroxylation sites is 2. The number of benzene rings is 2. The van der Waals surface area contributed by atoms with Gasteiger partial charge in [0, 0.05) is 54.1 Å². The van der Waals surface area contributed by atoms with Crippen molar-refractivity contribution >= 4 is 33.9 Å². The van der Waals surface area contributed by atoms with E-state index in [1.54, 1.807) is 6.07 Å². The first kappa shape index (κ1) is 19.5. The largest absolute Gasteiger partial charge is 0.371 e. The SMILES string of the molecule is Cc1cc(N2CCC(C(=O)N3CCc4ccccc43)CC2)c2cccc([N+](=O)[O-])c2n1. The summed E-state index contributed by atoms with van der Waals surface area (Å²) in [5.74, 6) is 0.224. The summed E-state index contributed by atoms with van der Waals surface area (Å²) in [4.78, 5) is 32.9. The van der Waals surface area contributed by atoms with E-state index in [9.17, 15) is 14.9 Å². The molecule has 1 aromatic heterocycles. The number of aryl methyl sites for hydroxylation is 1. The molecular weight excluding hydrogens is 392 g/mol. The first-order chi connectivity index (χ1) is 15.0. The Morgan fingerprint density at radius 1 is 1.06 bits per heavy atom. The molecule has 7 heteroatoms. The molecule has 158 valence electrons. The molecule has 0 N–H and O–H groups in total. The second-order valence-corrected chi connectivity index (χ2v) is 8.34. The Morgan fingerprint density at radius 3 is 2.61 bits per heavy atom. The zero-order chi connectivity index (χ0) is 21.5. The highest BCUT2D eigenvalue weighted by molar-refractivity contribution is 5.98. The summed E-state index contributed by atoms with van der Waals surface area (Å²) in [6.07, 6.45) is 2.46. The molecule has 0 atom stereocenters. The zero-order valence-corrected chi connectivity index (χ0v) is 17.5. The molecule has 3 aromatic rings. The van der Waals surface area contributed by atoms with Crippen molar-refractivity contribution in [3.63, 3.8) is 0 Å². The van der Waals surface area contributed by atoms with Crippen LogP contribution in [0.4, 0.5) is 17.1 Å². The number of nitrogens with zero attached hydrogens (tertiary/aromatic N) is 4. The van der Waals surface area contributed by atoms with Crippen LogP contribution in [0.5, 0.6) is 0 Å². The maximum absolute atomic E-state index is 13.2. The molecule has 1 amide bonds. The maximum Gasteiger partial charge on any atom is 0.295 e. The third-order valence-electron chi connectivity index (χ3n) is 6.46. The first-order valence-electron chi connectivity index (χ1n) is 10.7. The number of hydrogen-bond donors (Lipinski definition) is 0. The van der Waals surface area contributed by atoms with Gasteiger partial charge in [-0.1, -0.05) is 30.3 Å². The molecule has 2 aliphatic heterocycles. The van der Waals surface area contributed by atoms with Crippen LogP contribution >= 0.6 is 0 Å². The molecule has 1 fully saturated rings. The summed E-state index contributed by atoms with van der Waals surface area (Å²) >= 11 is 0. The van der Waals surface area contributed by atoms with Crippen LogP contribution in [-0.2, 0) is 11.2 Å². The number of carbonyl (C=O) groups is 1. The summed E-state index contributed by atoms with van der Waals surface area (Å²) in [5.41, 5.74) is 4.47. The van der Waals surface area contributed by atoms with Crippen molar-refractivity contribution in [3.05, 3.63) is 69.9 Å². The lowest BCUT2D eigenvalue weighted by molar-refractivity contribution is -0.383. The van der Waals surface area contributed by atoms with Crippen molar-refractivity contribution in [2.45, 2.75) is 26.2 Å². The van der Waals surface area contributed by atoms with E-state index in [4.69, 9.17) is 0 Å². The molecule has 2 aliphatic rings. The van der Waals surface area contributed by atoms with Gasteiger partial charge in [0.05, 0.1) is 4.92 Å². The Morgan fingerprint density at radius 2 is 1.84 bits per heavy atom. The standard InChI is InChI=1S/C24H24N4O3/c1-16-15-22(19-6-4-8-21(28(30)31)23(19)25-16)26-12-9-18(10-13-26)24(29)27-14-11-17-5-2-3-7-20(17)27/h2-8,15,18H,9-14H2,1H3. The smallest absolute Gasteiger partial charge is 0.295 e. The summed E-state index contributed by atoms with van der Waals surface area (Å²) in [5, 5.41) is 12.2. The minimum atomic E-state index is -0.378. The van der Waals surface area contributed by atoms with Crippen LogP contribution in [0.2, 0.25) is 0 Å². The number of nitro benzene ring substituents is 1. The number of rotatable bonds is 3. The van der Waals surface area contributed by atoms with Crippen LogP contribution in [0.25, 0.3) is 10.9 Å². The average molecular weight is 416 g/mol. The average Bonchev–Trinajstić information content (AvgIpc) is 3.22. The van der Waals surface area contributed by atoms with Crippen molar-refractivity contribution in [2.24, 2.45) is 5.92 Å². The van der Waals surface area contributed by atoms with Crippen molar-refractivity contribution < 1.29 is 9.72 Å². The molecule has 7 nitrogen and oxygen atoms in total. The Balaban J connectivity index is 1.37. The fourth-order valence-electron chi connectivity index (χ4n) is 4.90. The van der Waals surface area contributed by atoms with Crippen molar-refractivity contribution in [1.82, 2.24) is 4.98 Å². The molecule has 31 heavy (non-hydrogen) atoms. The van der Waals surface area contributed by atoms with E-state index in [0.717, 1.165) is 61.4 Å². The minimum absolute atomic E-state index is 0.00550. The molecule has 3 heterocycles. The number of carbonyl (C=O) groups excluding carboxylic acids is 1. The van der Waals surface area contributed by atoms with Crippen LogP contribution < -0.4 is 9.80 Å². The van der Waals surface area contributed by atoms with Gasteiger partial charge < -0.3 is 9.80 Å². The van der Waals surface area contributed by atoms with Gasteiger partial charge in [0.15, 0.2) is 5.52 Å². The van der Waals surface area contributed by atoms with Crippen LogP contribution in [0, 0.1) is 23.0 Å². The Hall–Kier alpha value is -3.48. The van der Waals surface area contributed by atoms with Gasteiger partial charge >= 0.3 is 0 Å². The molecule has 0 radical (unpaired) electrons. The quantitative estimate of drug-likeness (QED) is 0.471. The molecule has 0 aliphatic carbocycles. The van der Waals surface area contributed by atoms with Gasteiger partial charge in [-0.15, -0.1) is 0 Å². The van der Waals surface area contributed by atoms with Gasteiger partial charge in [-0.25, -0.2) is 4.98 Å². The number of aromatic nitrogens is 1. The van der Waals surface area contributed by atoms with Gasteiger partial charge in [0.2, 0.25) is 5.91 Å². The summed E-state index contributed by atoms with van der Waals surface area (Å²) in [7, 11) is 0. The van der Waals surface area contributed by atoms with Crippen LogP contribution in [0.15, 0.2) is 48.5 Å². The highest BCUT2D eigenvalue weighted by Crippen LogP contribution is 2.35. The fourth-order valence-corrected chi connectivity index (χ4v) is 4.90. The van der Waals surface area contributed by atoms with E-state index in [0.29, 0.717) is 5.52 Å². The fraction of sp³-hybridized carbons (Fsp3) is 0.333. The van der Waals surface area contributed by atoms with E-state index in [-0.39, 0.29) is 22.4 Å². The maximum atomic E-state index is 13.2. The molecule has 2 aromatic carbocycles. The molecule has 0 spiro atoms. The van der Waals surface area contributed by atoms with Gasteiger partial charge in [-0.05, 0) is 43.9 Å². The van der Waals surface area contributed by atoms with E-state index < -0.39 is 0 Å².